The maximum absolute atomic E-state index is 5.48. The maximum atomic E-state index is 5.48. The molecule has 1 heterocycles. The van der Waals surface area contributed by atoms with Crippen molar-refractivity contribution in [2.45, 2.75) is 0 Å². The first-order chi connectivity index (χ1) is 8.29. The predicted molar refractivity (Wildman–Crippen MR) is 71.9 cm³/mol. The zero-order chi connectivity index (χ0) is 12.1. The van der Waals surface area contributed by atoms with Gasteiger partial charge in [-0.3, -0.25) is 4.98 Å². The summed E-state index contributed by atoms with van der Waals surface area (Å²) in [7, 11) is 0. The molecule has 4 nitrogen and oxygen atoms in total. The van der Waals surface area contributed by atoms with Crippen LogP contribution in [0.5, 0.6) is 0 Å². The summed E-state index contributed by atoms with van der Waals surface area (Å²) in [6, 6.07) is 11.5. The third kappa shape index (κ3) is 3.12. The van der Waals surface area contributed by atoms with Gasteiger partial charge in [0.05, 0.1) is 5.69 Å². The van der Waals surface area contributed by atoms with E-state index >= 15 is 0 Å². The third-order valence-corrected chi connectivity index (χ3v) is 2.55. The molecule has 1 aromatic heterocycles. The van der Waals surface area contributed by atoms with Gasteiger partial charge in [0.2, 0.25) is 0 Å². The highest BCUT2D eigenvalue weighted by atomic mass is 79.9. The maximum Gasteiger partial charge on any atom is 0.149 e. The number of benzene rings is 1. The molecule has 0 aliphatic heterocycles. The summed E-state index contributed by atoms with van der Waals surface area (Å²) in [5.41, 5.74) is 4.24. The monoisotopic (exact) mass is 290 g/mol. The molecular formula is C12H11BrN4. The normalized spacial score (nSPS) is 11.3. The Morgan fingerprint density at radius 1 is 1.24 bits per heavy atom. The second-order valence-electron chi connectivity index (χ2n) is 3.33. The molecule has 0 spiro atoms. The SMILES string of the molecule is NNC(=Nc1ccccc1)c1cncc(Br)c1. The molecule has 0 radical (unpaired) electrons. The molecule has 1 aromatic carbocycles. The lowest BCUT2D eigenvalue weighted by Gasteiger charge is -2.05. The number of amidine groups is 1. The smallest absolute Gasteiger partial charge is 0.149 e. The second kappa shape index (κ2) is 5.56. The Morgan fingerprint density at radius 3 is 2.65 bits per heavy atom. The van der Waals surface area contributed by atoms with Crippen molar-refractivity contribution in [3.8, 4) is 0 Å². The van der Waals surface area contributed by atoms with E-state index < -0.39 is 0 Å². The highest BCUT2D eigenvalue weighted by Gasteiger charge is 2.02. The molecule has 0 atom stereocenters. The Bertz CT molecular complexity index is 525. The molecule has 0 fully saturated rings. The van der Waals surface area contributed by atoms with Crippen LogP contribution in [0.15, 0.2) is 58.3 Å². The lowest BCUT2D eigenvalue weighted by Crippen LogP contribution is -2.31. The van der Waals surface area contributed by atoms with E-state index in [0.717, 1.165) is 15.7 Å². The lowest BCUT2D eigenvalue weighted by atomic mass is 10.2. The van der Waals surface area contributed by atoms with Gasteiger partial charge in [0.25, 0.3) is 0 Å². The molecule has 0 aliphatic rings. The number of nitrogens with zero attached hydrogens (tertiary/aromatic N) is 2. The van der Waals surface area contributed by atoms with Gasteiger partial charge in [-0.1, -0.05) is 18.2 Å². The second-order valence-corrected chi connectivity index (χ2v) is 4.25. The number of pyridine rings is 1. The Hall–Kier alpha value is -1.72. The summed E-state index contributed by atoms with van der Waals surface area (Å²) in [6.07, 6.45) is 3.41. The van der Waals surface area contributed by atoms with Gasteiger partial charge in [0.1, 0.15) is 5.84 Å². The number of halogens is 1. The first-order valence-corrected chi connectivity index (χ1v) is 5.80. The number of rotatable bonds is 2. The lowest BCUT2D eigenvalue weighted by molar-refractivity contribution is 1.02. The first kappa shape index (κ1) is 11.8. The van der Waals surface area contributed by atoms with Crippen LogP contribution in [0.4, 0.5) is 5.69 Å². The Labute approximate surface area is 108 Å². The van der Waals surface area contributed by atoms with Gasteiger partial charge in [-0.15, -0.1) is 0 Å². The minimum atomic E-state index is 0.574. The largest absolute Gasteiger partial charge is 0.308 e. The number of hydrogen-bond donors (Lipinski definition) is 2. The van der Waals surface area contributed by atoms with Crippen LogP contribution in [-0.2, 0) is 0 Å². The zero-order valence-electron chi connectivity index (χ0n) is 8.97. The first-order valence-electron chi connectivity index (χ1n) is 5.01. The summed E-state index contributed by atoms with van der Waals surface area (Å²) < 4.78 is 0.881. The Morgan fingerprint density at radius 2 is 2.00 bits per heavy atom. The van der Waals surface area contributed by atoms with Crippen molar-refractivity contribution in [3.05, 3.63) is 58.8 Å². The van der Waals surface area contributed by atoms with Crippen LogP contribution in [0.1, 0.15) is 5.56 Å². The number of aliphatic imine (C=N–C) groups is 1. The van der Waals surface area contributed by atoms with Crippen molar-refractivity contribution in [2.24, 2.45) is 10.8 Å². The van der Waals surface area contributed by atoms with Gasteiger partial charge in [0.15, 0.2) is 0 Å². The molecule has 86 valence electrons. The van der Waals surface area contributed by atoms with Crippen molar-refractivity contribution in [2.75, 3.05) is 0 Å². The molecule has 0 saturated carbocycles. The number of aromatic nitrogens is 1. The summed E-state index contributed by atoms with van der Waals surface area (Å²) in [6.45, 7) is 0. The van der Waals surface area contributed by atoms with Crippen LogP contribution in [0, 0.1) is 0 Å². The number of para-hydroxylation sites is 1. The fourth-order valence-corrected chi connectivity index (χ4v) is 1.72. The molecule has 0 amide bonds. The molecule has 0 aliphatic carbocycles. The molecule has 0 bridgehead atoms. The van der Waals surface area contributed by atoms with E-state index in [1.165, 1.54) is 0 Å². The van der Waals surface area contributed by atoms with E-state index in [9.17, 15) is 0 Å². The van der Waals surface area contributed by atoms with Crippen LogP contribution in [0.2, 0.25) is 0 Å². The van der Waals surface area contributed by atoms with Crippen molar-refractivity contribution >= 4 is 27.5 Å². The Balaban J connectivity index is 2.37. The highest BCUT2D eigenvalue weighted by Crippen LogP contribution is 2.14. The van der Waals surface area contributed by atoms with Crippen molar-refractivity contribution < 1.29 is 0 Å². The molecule has 0 unspecified atom stereocenters. The van der Waals surface area contributed by atoms with Crippen LogP contribution < -0.4 is 11.3 Å². The number of hydrazine groups is 1. The number of nitrogens with one attached hydrogen (secondary N) is 1. The van der Waals surface area contributed by atoms with Gasteiger partial charge < -0.3 is 5.43 Å². The summed E-state index contributed by atoms with van der Waals surface area (Å²) >= 11 is 3.36. The Kier molecular flexibility index (Phi) is 3.85. The van der Waals surface area contributed by atoms with Crippen molar-refractivity contribution in [1.29, 1.82) is 0 Å². The summed E-state index contributed by atoms with van der Waals surface area (Å²) in [5.74, 6) is 6.05. The topological polar surface area (TPSA) is 63.3 Å². The average Bonchev–Trinajstić information content (AvgIpc) is 2.37. The van der Waals surface area contributed by atoms with Gasteiger partial charge in [-0.25, -0.2) is 10.8 Å². The quantitative estimate of drug-likeness (QED) is 0.386. The van der Waals surface area contributed by atoms with Gasteiger partial charge in [-0.2, -0.15) is 0 Å². The van der Waals surface area contributed by atoms with E-state index in [2.05, 4.69) is 31.3 Å². The zero-order valence-corrected chi connectivity index (χ0v) is 10.6. The molecule has 5 heteroatoms. The summed E-state index contributed by atoms with van der Waals surface area (Å²) in [5, 5.41) is 0. The van der Waals surface area contributed by atoms with Crippen molar-refractivity contribution in [3.63, 3.8) is 0 Å². The summed E-state index contributed by atoms with van der Waals surface area (Å²) in [4.78, 5) is 8.48. The van der Waals surface area contributed by atoms with E-state index in [-0.39, 0.29) is 0 Å². The molecule has 2 aromatic rings. The van der Waals surface area contributed by atoms with Gasteiger partial charge in [-0.05, 0) is 34.1 Å². The minimum absolute atomic E-state index is 0.574. The molecule has 0 saturated heterocycles. The predicted octanol–water partition coefficient (Wildman–Crippen LogP) is 2.39. The molecular weight excluding hydrogens is 280 g/mol. The van der Waals surface area contributed by atoms with E-state index in [1.807, 2.05) is 36.4 Å². The van der Waals surface area contributed by atoms with Crippen LogP contribution in [-0.4, -0.2) is 10.8 Å². The van der Waals surface area contributed by atoms with Crippen LogP contribution in [0.25, 0.3) is 0 Å². The highest BCUT2D eigenvalue weighted by molar-refractivity contribution is 9.10. The standard InChI is InChI=1S/C12H11BrN4/c13-10-6-9(7-15-8-10)12(17-14)16-11-4-2-1-3-5-11/h1-8H,14H2,(H,16,17). The minimum Gasteiger partial charge on any atom is -0.308 e. The third-order valence-electron chi connectivity index (χ3n) is 2.11. The average molecular weight is 291 g/mol. The van der Waals surface area contributed by atoms with Gasteiger partial charge in [0, 0.05) is 22.4 Å². The molecule has 3 N–H and O–H groups in total. The number of hydrogen-bond acceptors (Lipinski definition) is 3. The fraction of sp³-hybridized carbons (Fsp3) is 0. The van der Waals surface area contributed by atoms with Crippen LogP contribution in [0.3, 0.4) is 0 Å². The number of nitrogens with two attached hydrogens (primary N) is 1. The fourth-order valence-electron chi connectivity index (χ4n) is 1.35. The van der Waals surface area contributed by atoms with E-state index in [4.69, 9.17) is 5.84 Å². The molecule has 17 heavy (non-hydrogen) atoms. The van der Waals surface area contributed by atoms with Gasteiger partial charge >= 0.3 is 0 Å². The molecule has 2 rings (SSSR count). The van der Waals surface area contributed by atoms with Crippen LogP contribution >= 0.6 is 15.9 Å². The van der Waals surface area contributed by atoms with Crippen molar-refractivity contribution in [1.82, 2.24) is 10.4 Å². The van der Waals surface area contributed by atoms with E-state index in [0.29, 0.717) is 5.84 Å². The van der Waals surface area contributed by atoms with E-state index in [1.54, 1.807) is 12.4 Å².